The Morgan fingerprint density at radius 1 is 1.22 bits per heavy atom. The minimum absolute atomic E-state index is 0. The van der Waals surface area contributed by atoms with Gasteiger partial charge < -0.3 is 5.32 Å². The Morgan fingerprint density at radius 2 is 1.87 bits per heavy atom. The summed E-state index contributed by atoms with van der Waals surface area (Å²) in [5.74, 6) is 0. The fourth-order valence-corrected chi connectivity index (χ4v) is 3.62. The van der Waals surface area contributed by atoms with E-state index in [1.54, 1.807) is 12.1 Å². The highest BCUT2D eigenvalue weighted by atomic mass is 35.5. The average molecular weight is 369 g/mol. The molecule has 0 bridgehead atoms. The van der Waals surface area contributed by atoms with E-state index < -0.39 is 5.51 Å². The summed E-state index contributed by atoms with van der Waals surface area (Å²) in [6.45, 7) is 5.69. The van der Waals surface area contributed by atoms with Crippen LogP contribution in [0.3, 0.4) is 0 Å². The summed E-state index contributed by atoms with van der Waals surface area (Å²) in [4.78, 5) is 2.66. The number of alkyl halides is 3. The first kappa shape index (κ1) is 20.6. The van der Waals surface area contributed by atoms with Crippen LogP contribution in [0.25, 0.3) is 0 Å². The number of thioether (sulfide) groups is 1. The lowest BCUT2D eigenvalue weighted by atomic mass is 9.98. The molecule has 0 saturated carbocycles. The third-order valence-corrected chi connectivity index (χ3v) is 4.75. The summed E-state index contributed by atoms with van der Waals surface area (Å²) < 4.78 is 38.5. The number of nitrogens with one attached hydrogen (secondary N) is 1. The molecule has 23 heavy (non-hydrogen) atoms. The van der Waals surface area contributed by atoms with Crippen LogP contribution < -0.4 is 5.32 Å². The van der Waals surface area contributed by atoms with Crippen molar-refractivity contribution in [3.8, 4) is 0 Å². The Labute approximate surface area is 146 Å². The van der Waals surface area contributed by atoms with Crippen LogP contribution in [0.15, 0.2) is 29.2 Å². The fourth-order valence-electron chi connectivity index (χ4n) is 2.90. The van der Waals surface area contributed by atoms with Gasteiger partial charge in [0.25, 0.3) is 0 Å². The van der Waals surface area contributed by atoms with E-state index in [1.165, 1.54) is 0 Å². The molecule has 0 aromatic heterocycles. The molecule has 1 aliphatic rings. The van der Waals surface area contributed by atoms with E-state index in [-0.39, 0.29) is 30.2 Å². The van der Waals surface area contributed by atoms with E-state index in [2.05, 4.69) is 17.1 Å². The summed E-state index contributed by atoms with van der Waals surface area (Å²) in [5.41, 5.74) is -3.42. The monoisotopic (exact) mass is 368 g/mol. The number of unbranched alkanes of at least 4 members (excludes halogenated alkanes) is 1. The molecule has 2 nitrogen and oxygen atoms in total. The van der Waals surface area contributed by atoms with E-state index in [0.717, 1.165) is 51.0 Å². The zero-order valence-corrected chi connectivity index (χ0v) is 14.9. The topological polar surface area (TPSA) is 15.3 Å². The molecule has 1 heterocycles. The predicted molar refractivity (Wildman–Crippen MR) is 92.3 cm³/mol. The van der Waals surface area contributed by atoms with E-state index in [0.29, 0.717) is 4.90 Å². The van der Waals surface area contributed by atoms with Gasteiger partial charge in [0, 0.05) is 37.1 Å². The molecule has 0 amide bonds. The number of benzene rings is 1. The molecule has 1 aromatic carbocycles. The second-order valence-electron chi connectivity index (χ2n) is 5.53. The quantitative estimate of drug-likeness (QED) is 0.722. The average Bonchev–Trinajstić information content (AvgIpc) is 2.49. The van der Waals surface area contributed by atoms with Gasteiger partial charge in [0.05, 0.1) is 0 Å². The van der Waals surface area contributed by atoms with Crippen LogP contribution in [0.1, 0.15) is 37.8 Å². The summed E-state index contributed by atoms with van der Waals surface area (Å²) in [6.07, 6.45) is 2.99. The molecule has 0 aliphatic carbocycles. The summed E-state index contributed by atoms with van der Waals surface area (Å²) >= 11 is 0.0109. The Balaban J connectivity index is 0.00000264. The Morgan fingerprint density at radius 3 is 2.48 bits per heavy atom. The SMILES string of the molecule is CCCC[C@@H](c1ccccc1SC(F)(F)F)N1CCNCC1.Cl. The van der Waals surface area contributed by atoms with Crippen molar-refractivity contribution >= 4 is 24.2 Å². The van der Waals surface area contributed by atoms with E-state index in [4.69, 9.17) is 0 Å². The van der Waals surface area contributed by atoms with Crippen LogP contribution in [0.4, 0.5) is 13.2 Å². The van der Waals surface area contributed by atoms with Gasteiger partial charge >= 0.3 is 5.51 Å². The summed E-state index contributed by atoms with van der Waals surface area (Å²) in [7, 11) is 0. The van der Waals surface area contributed by atoms with Gasteiger partial charge in [-0.15, -0.1) is 12.4 Å². The van der Waals surface area contributed by atoms with Gasteiger partial charge in [0.15, 0.2) is 0 Å². The van der Waals surface area contributed by atoms with Crippen LogP contribution in [0.2, 0.25) is 0 Å². The van der Waals surface area contributed by atoms with Crippen molar-refractivity contribution in [2.75, 3.05) is 26.2 Å². The number of rotatable bonds is 6. The van der Waals surface area contributed by atoms with Gasteiger partial charge in [0.1, 0.15) is 0 Å². The Bertz CT molecular complexity index is 465. The molecular formula is C16H24ClF3N2S. The normalized spacial score (nSPS) is 17.6. The summed E-state index contributed by atoms with van der Waals surface area (Å²) in [6, 6.07) is 7.06. The Hall–Kier alpha value is -0.430. The van der Waals surface area contributed by atoms with Gasteiger partial charge in [-0.05, 0) is 29.8 Å². The second kappa shape index (κ2) is 9.77. The van der Waals surface area contributed by atoms with Crippen LogP contribution in [-0.4, -0.2) is 36.6 Å². The molecule has 1 aromatic rings. The largest absolute Gasteiger partial charge is 0.446 e. The first-order chi connectivity index (χ1) is 10.5. The van der Waals surface area contributed by atoms with E-state index >= 15 is 0 Å². The smallest absolute Gasteiger partial charge is 0.314 e. The highest BCUT2D eigenvalue weighted by Crippen LogP contribution is 2.42. The standard InChI is InChI=1S/C16H23F3N2S.ClH/c1-2-3-7-14(21-11-9-20-10-12-21)13-6-4-5-8-15(13)22-16(17,18)19;/h4-6,8,14,20H,2-3,7,9-12H2,1H3;1H/t14-;/m0./s1. The van der Waals surface area contributed by atoms with Gasteiger partial charge in [-0.1, -0.05) is 38.0 Å². The Kier molecular flexibility index (Phi) is 8.75. The van der Waals surface area contributed by atoms with Crippen LogP contribution in [-0.2, 0) is 0 Å². The molecule has 1 fully saturated rings. The van der Waals surface area contributed by atoms with Crippen LogP contribution in [0.5, 0.6) is 0 Å². The lowest BCUT2D eigenvalue weighted by molar-refractivity contribution is -0.0328. The molecule has 2 rings (SSSR count). The highest BCUT2D eigenvalue weighted by molar-refractivity contribution is 8.00. The van der Waals surface area contributed by atoms with Gasteiger partial charge in [-0.3, -0.25) is 4.90 Å². The lowest BCUT2D eigenvalue weighted by Crippen LogP contribution is -2.45. The highest BCUT2D eigenvalue weighted by Gasteiger charge is 2.32. The van der Waals surface area contributed by atoms with Crippen molar-refractivity contribution in [3.05, 3.63) is 29.8 Å². The molecule has 132 valence electrons. The minimum Gasteiger partial charge on any atom is -0.314 e. The molecular weight excluding hydrogens is 345 g/mol. The second-order valence-corrected chi connectivity index (χ2v) is 6.64. The first-order valence-corrected chi connectivity index (χ1v) is 8.62. The van der Waals surface area contributed by atoms with Crippen molar-refractivity contribution in [2.45, 2.75) is 42.6 Å². The number of hydrogen-bond donors (Lipinski definition) is 1. The van der Waals surface area contributed by atoms with Crippen molar-refractivity contribution in [3.63, 3.8) is 0 Å². The molecule has 0 spiro atoms. The van der Waals surface area contributed by atoms with Crippen molar-refractivity contribution in [1.29, 1.82) is 0 Å². The number of hydrogen-bond acceptors (Lipinski definition) is 3. The molecule has 1 saturated heterocycles. The van der Waals surface area contributed by atoms with Crippen LogP contribution in [0, 0.1) is 0 Å². The molecule has 1 N–H and O–H groups in total. The fraction of sp³-hybridized carbons (Fsp3) is 0.625. The summed E-state index contributed by atoms with van der Waals surface area (Å²) in [5, 5.41) is 3.30. The van der Waals surface area contributed by atoms with E-state index in [1.807, 2.05) is 12.1 Å². The zero-order chi connectivity index (χ0) is 16.0. The maximum Gasteiger partial charge on any atom is 0.446 e. The first-order valence-electron chi connectivity index (χ1n) is 7.80. The van der Waals surface area contributed by atoms with Gasteiger partial charge in [-0.25, -0.2) is 0 Å². The zero-order valence-electron chi connectivity index (χ0n) is 13.2. The minimum atomic E-state index is -4.24. The molecule has 7 heteroatoms. The van der Waals surface area contributed by atoms with Crippen LogP contribution >= 0.6 is 24.2 Å². The van der Waals surface area contributed by atoms with Crippen molar-refractivity contribution in [1.82, 2.24) is 10.2 Å². The lowest BCUT2D eigenvalue weighted by Gasteiger charge is -2.36. The molecule has 0 radical (unpaired) electrons. The maximum absolute atomic E-state index is 12.8. The number of halogens is 4. The number of nitrogens with zero attached hydrogens (tertiary/aromatic N) is 1. The predicted octanol–water partition coefficient (Wildman–Crippen LogP) is 4.86. The van der Waals surface area contributed by atoms with Gasteiger partial charge in [-0.2, -0.15) is 13.2 Å². The van der Waals surface area contributed by atoms with Crippen molar-refractivity contribution in [2.24, 2.45) is 0 Å². The third kappa shape index (κ3) is 6.53. The molecule has 1 atom stereocenters. The van der Waals surface area contributed by atoms with Crippen molar-refractivity contribution < 1.29 is 13.2 Å². The van der Waals surface area contributed by atoms with E-state index in [9.17, 15) is 13.2 Å². The maximum atomic E-state index is 12.8. The van der Waals surface area contributed by atoms with Gasteiger partial charge in [0.2, 0.25) is 0 Å². The molecule has 1 aliphatic heterocycles. The third-order valence-electron chi connectivity index (χ3n) is 3.93. The molecule has 0 unspecified atom stereocenters. The number of piperazine rings is 1.